The lowest BCUT2D eigenvalue weighted by Gasteiger charge is -2.23. The van der Waals surface area contributed by atoms with Crippen LogP contribution in [0, 0.1) is 0 Å². The molecule has 1 aliphatic heterocycles. The molecule has 0 aromatic carbocycles. The van der Waals surface area contributed by atoms with E-state index in [0.717, 1.165) is 17.7 Å². The van der Waals surface area contributed by atoms with Crippen LogP contribution >= 0.6 is 24.8 Å². The lowest BCUT2D eigenvalue weighted by atomic mass is 10.1. The Morgan fingerprint density at radius 2 is 2.07 bits per heavy atom. The molecule has 0 spiro atoms. The van der Waals surface area contributed by atoms with E-state index in [2.05, 4.69) is 4.98 Å². The molecule has 6 heteroatoms. The number of hydrazine groups is 1. The molecule has 14 heavy (non-hydrogen) atoms. The molecule has 4 nitrogen and oxygen atoms in total. The number of halogens is 2. The second kappa shape index (κ2) is 5.14. The van der Waals surface area contributed by atoms with Crippen molar-refractivity contribution in [1.82, 2.24) is 4.98 Å². The third-order valence-electron chi connectivity index (χ3n) is 2.02. The normalized spacial score (nSPS) is 13.8. The van der Waals surface area contributed by atoms with Crippen LogP contribution in [-0.2, 0) is 11.2 Å². The molecule has 0 saturated carbocycles. The van der Waals surface area contributed by atoms with Crippen molar-refractivity contribution in [2.75, 3.05) is 5.01 Å². The summed E-state index contributed by atoms with van der Waals surface area (Å²) in [4.78, 5) is 15.0. The first-order chi connectivity index (χ1) is 5.79. The van der Waals surface area contributed by atoms with Gasteiger partial charge in [0.25, 0.3) is 0 Å². The Hall–Kier alpha value is -0.840. The van der Waals surface area contributed by atoms with Crippen molar-refractivity contribution in [3.8, 4) is 0 Å². The number of anilines is 1. The van der Waals surface area contributed by atoms with E-state index < -0.39 is 0 Å². The first-order valence-electron chi connectivity index (χ1n) is 3.79. The highest BCUT2D eigenvalue weighted by Gasteiger charge is 2.20. The van der Waals surface area contributed by atoms with Crippen LogP contribution in [0.2, 0.25) is 0 Å². The second-order valence-corrected chi connectivity index (χ2v) is 2.77. The van der Waals surface area contributed by atoms with Gasteiger partial charge in [-0.05, 0) is 18.1 Å². The smallest absolute Gasteiger partial charge is 0.241 e. The summed E-state index contributed by atoms with van der Waals surface area (Å²) in [6, 6.07) is 1.89. The van der Waals surface area contributed by atoms with Crippen molar-refractivity contribution in [2.45, 2.75) is 12.8 Å². The summed E-state index contributed by atoms with van der Waals surface area (Å²) >= 11 is 0. The third kappa shape index (κ3) is 2.15. The number of hydrogen-bond donors (Lipinski definition) is 1. The standard InChI is InChI=1S/C8H9N3O.2ClH/c9-11-7-5-10-4-3-6(7)1-2-8(11)12;;/h3-5H,1-2,9H2;2*1H. The fraction of sp³-hybridized carbons (Fsp3) is 0.250. The lowest BCUT2D eigenvalue weighted by molar-refractivity contribution is -0.119. The van der Waals surface area contributed by atoms with Crippen LogP contribution < -0.4 is 10.9 Å². The number of nitrogens with two attached hydrogens (primary N) is 1. The topological polar surface area (TPSA) is 59.2 Å². The fourth-order valence-electron chi connectivity index (χ4n) is 1.34. The first kappa shape index (κ1) is 13.2. The number of aryl methyl sites for hydroxylation is 1. The zero-order chi connectivity index (χ0) is 8.55. The number of amides is 1. The Balaban J connectivity index is 0.000000845. The summed E-state index contributed by atoms with van der Waals surface area (Å²) in [5.41, 5.74) is 1.82. The Bertz CT molecular complexity index is 332. The molecular formula is C8H11Cl2N3O. The van der Waals surface area contributed by atoms with Gasteiger partial charge in [0.15, 0.2) is 0 Å². The molecule has 0 saturated heterocycles. The number of carbonyl (C=O) groups is 1. The van der Waals surface area contributed by atoms with Gasteiger partial charge in [-0.3, -0.25) is 9.78 Å². The molecular weight excluding hydrogens is 225 g/mol. The molecule has 2 N–H and O–H groups in total. The Labute approximate surface area is 94.3 Å². The van der Waals surface area contributed by atoms with E-state index in [9.17, 15) is 4.79 Å². The molecule has 0 aliphatic carbocycles. The summed E-state index contributed by atoms with van der Waals surface area (Å²) < 4.78 is 0. The highest BCUT2D eigenvalue weighted by molar-refractivity contribution is 5.94. The van der Waals surface area contributed by atoms with Gasteiger partial charge in [-0.15, -0.1) is 24.8 Å². The minimum Gasteiger partial charge on any atom is -0.273 e. The second-order valence-electron chi connectivity index (χ2n) is 2.77. The number of fused-ring (bicyclic) bond motifs is 1. The molecule has 0 unspecified atom stereocenters. The van der Waals surface area contributed by atoms with Gasteiger partial charge >= 0.3 is 0 Å². The first-order valence-corrected chi connectivity index (χ1v) is 3.79. The highest BCUT2D eigenvalue weighted by Crippen LogP contribution is 2.23. The van der Waals surface area contributed by atoms with Crippen molar-refractivity contribution < 1.29 is 4.79 Å². The maximum Gasteiger partial charge on any atom is 0.241 e. The average molecular weight is 236 g/mol. The SMILES string of the molecule is Cl.Cl.NN1C(=O)CCc2ccncc21. The predicted octanol–water partition coefficient (Wildman–Crippen LogP) is 1.08. The summed E-state index contributed by atoms with van der Waals surface area (Å²) in [5.74, 6) is 5.49. The van der Waals surface area contributed by atoms with Crippen molar-refractivity contribution >= 4 is 36.4 Å². The van der Waals surface area contributed by atoms with E-state index in [-0.39, 0.29) is 30.7 Å². The minimum atomic E-state index is -0.0458. The molecule has 2 heterocycles. The molecule has 78 valence electrons. The number of rotatable bonds is 0. The van der Waals surface area contributed by atoms with Crippen LogP contribution in [0.15, 0.2) is 18.5 Å². The lowest BCUT2D eigenvalue weighted by Crippen LogP contribution is -2.40. The van der Waals surface area contributed by atoms with E-state index in [1.54, 1.807) is 12.4 Å². The van der Waals surface area contributed by atoms with Crippen LogP contribution in [0.5, 0.6) is 0 Å². The van der Waals surface area contributed by atoms with E-state index in [0.29, 0.717) is 6.42 Å². The van der Waals surface area contributed by atoms with Gasteiger partial charge in [-0.1, -0.05) is 0 Å². The maximum atomic E-state index is 11.1. The average Bonchev–Trinajstić information content (AvgIpc) is 2.12. The molecule has 0 radical (unpaired) electrons. The van der Waals surface area contributed by atoms with Crippen molar-refractivity contribution in [3.63, 3.8) is 0 Å². The zero-order valence-electron chi connectivity index (χ0n) is 7.34. The summed E-state index contributed by atoms with van der Waals surface area (Å²) in [5, 5.41) is 1.17. The monoisotopic (exact) mass is 235 g/mol. The molecule has 1 aromatic heterocycles. The number of pyridine rings is 1. The van der Waals surface area contributed by atoms with Crippen molar-refractivity contribution in [3.05, 3.63) is 24.0 Å². The number of aromatic nitrogens is 1. The van der Waals surface area contributed by atoms with Gasteiger partial charge in [-0.2, -0.15) is 0 Å². The van der Waals surface area contributed by atoms with E-state index in [1.807, 2.05) is 6.07 Å². The summed E-state index contributed by atoms with van der Waals surface area (Å²) in [6.45, 7) is 0. The fourth-order valence-corrected chi connectivity index (χ4v) is 1.34. The van der Waals surface area contributed by atoms with Gasteiger partial charge in [0.05, 0.1) is 11.9 Å². The van der Waals surface area contributed by atoms with Gasteiger partial charge in [0.2, 0.25) is 5.91 Å². The van der Waals surface area contributed by atoms with Crippen LogP contribution in [-0.4, -0.2) is 10.9 Å². The summed E-state index contributed by atoms with van der Waals surface area (Å²) in [6.07, 6.45) is 4.59. The van der Waals surface area contributed by atoms with E-state index in [1.165, 1.54) is 5.01 Å². The highest BCUT2D eigenvalue weighted by atomic mass is 35.5. The molecule has 2 rings (SSSR count). The molecule has 0 bridgehead atoms. The van der Waals surface area contributed by atoms with Crippen molar-refractivity contribution in [1.29, 1.82) is 0 Å². The molecule has 1 aromatic rings. The van der Waals surface area contributed by atoms with Crippen LogP contribution in [0.3, 0.4) is 0 Å². The summed E-state index contributed by atoms with van der Waals surface area (Å²) in [7, 11) is 0. The molecule has 1 amide bonds. The molecule has 0 atom stereocenters. The van der Waals surface area contributed by atoms with Gasteiger partial charge < -0.3 is 0 Å². The predicted molar refractivity (Wildman–Crippen MR) is 58.7 cm³/mol. The largest absolute Gasteiger partial charge is 0.273 e. The number of hydrogen-bond acceptors (Lipinski definition) is 3. The Morgan fingerprint density at radius 3 is 2.79 bits per heavy atom. The third-order valence-corrected chi connectivity index (χ3v) is 2.02. The van der Waals surface area contributed by atoms with Gasteiger partial charge in [0.1, 0.15) is 0 Å². The Kier molecular flexibility index (Phi) is 4.83. The van der Waals surface area contributed by atoms with Gasteiger partial charge in [0, 0.05) is 12.6 Å². The van der Waals surface area contributed by atoms with E-state index >= 15 is 0 Å². The van der Waals surface area contributed by atoms with E-state index in [4.69, 9.17) is 5.84 Å². The number of carbonyl (C=O) groups excluding carboxylic acids is 1. The van der Waals surface area contributed by atoms with Crippen LogP contribution in [0.4, 0.5) is 5.69 Å². The maximum absolute atomic E-state index is 11.1. The molecule has 1 aliphatic rings. The quantitative estimate of drug-likeness (QED) is 0.541. The molecule has 0 fully saturated rings. The van der Waals surface area contributed by atoms with Gasteiger partial charge in [-0.25, -0.2) is 10.9 Å². The Morgan fingerprint density at radius 1 is 1.36 bits per heavy atom. The van der Waals surface area contributed by atoms with Crippen LogP contribution in [0.25, 0.3) is 0 Å². The number of nitrogens with zero attached hydrogens (tertiary/aromatic N) is 2. The zero-order valence-corrected chi connectivity index (χ0v) is 8.98. The van der Waals surface area contributed by atoms with Crippen LogP contribution in [0.1, 0.15) is 12.0 Å². The minimum absolute atomic E-state index is 0. The van der Waals surface area contributed by atoms with Crippen molar-refractivity contribution in [2.24, 2.45) is 5.84 Å².